The summed E-state index contributed by atoms with van der Waals surface area (Å²) in [4.78, 5) is 24.9. The van der Waals surface area contributed by atoms with E-state index in [4.69, 9.17) is 4.74 Å². The molecule has 0 aromatic rings. The zero-order valence-electron chi connectivity index (χ0n) is 13.5. The predicted molar refractivity (Wildman–Crippen MR) is 78.5 cm³/mol. The van der Waals surface area contributed by atoms with E-state index in [9.17, 15) is 9.59 Å². The highest BCUT2D eigenvalue weighted by atomic mass is 16.6. The van der Waals surface area contributed by atoms with Gasteiger partial charge in [-0.2, -0.15) is 0 Å². The number of esters is 1. The van der Waals surface area contributed by atoms with E-state index in [2.05, 4.69) is 11.7 Å². The van der Waals surface area contributed by atoms with Crippen LogP contribution in [0.25, 0.3) is 0 Å². The van der Waals surface area contributed by atoms with Crippen LogP contribution in [0.4, 0.5) is 4.79 Å². The summed E-state index contributed by atoms with van der Waals surface area (Å²) >= 11 is 0. The van der Waals surface area contributed by atoms with Crippen molar-refractivity contribution in [2.24, 2.45) is 5.92 Å². The van der Waals surface area contributed by atoms with Gasteiger partial charge in [-0.3, -0.25) is 4.90 Å². The van der Waals surface area contributed by atoms with Gasteiger partial charge in [0.15, 0.2) is 0 Å². The number of likely N-dealkylation sites (N-methyl/N-ethyl adjacent to an activating group) is 1. The SMILES string of the molecule is CCCCCCCOC(=O)C(C(C)C)N(C)C(=O)OC. The van der Waals surface area contributed by atoms with Crippen LogP contribution in [0.2, 0.25) is 0 Å². The summed E-state index contributed by atoms with van der Waals surface area (Å²) in [5.41, 5.74) is 0. The van der Waals surface area contributed by atoms with Crippen molar-refractivity contribution < 1.29 is 19.1 Å². The molecule has 0 spiro atoms. The monoisotopic (exact) mass is 287 g/mol. The quantitative estimate of drug-likeness (QED) is 0.482. The lowest BCUT2D eigenvalue weighted by atomic mass is 10.0. The summed E-state index contributed by atoms with van der Waals surface area (Å²) in [6, 6.07) is -0.599. The van der Waals surface area contributed by atoms with E-state index in [0.717, 1.165) is 12.8 Å². The molecular weight excluding hydrogens is 258 g/mol. The molecule has 1 atom stereocenters. The van der Waals surface area contributed by atoms with Gasteiger partial charge in [-0.1, -0.05) is 46.5 Å². The Morgan fingerprint density at radius 1 is 1.10 bits per heavy atom. The molecule has 0 aliphatic carbocycles. The third-order valence-corrected chi connectivity index (χ3v) is 3.25. The maximum absolute atomic E-state index is 12.1. The Bertz CT molecular complexity index is 292. The lowest BCUT2D eigenvalue weighted by Crippen LogP contribution is -2.46. The zero-order valence-corrected chi connectivity index (χ0v) is 13.5. The average molecular weight is 287 g/mol. The largest absolute Gasteiger partial charge is 0.464 e. The summed E-state index contributed by atoms with van der Waals surface area (Å²) < 4.78 is 9.92. The molecule has 1 unspecified atom stereocenters. The summed E-state index contributed by atoms with van der Waals surface area (Å²) in [6.45, 7) is 6.34. The minimum absolute atomic E-state index is 0.0216. The van der Waals surface area contributed by atoms with E-state index in [1.54, 1.807) is 7.05 Å². The second-order valence-electron chi connectivity index (χ2n) is 5.35. The third-order valence-electron chi connectivity index (χ3n) is 3.25. The fourth-order valence-corrected chi connectivity index (χ4v) is 2.10. The van der Waals surface area contributed by atoms with Gasteiger partial charge in [0, 0.05) is 7.05 Å². The molecule has 0 rings (SSSR count). The maximum atomic E-state index is 12.1. The van der Waals surface area contributed by atoms with Crippen molar-refractivity contribution in [1.29, 1.82) is 0 Å². The Labute approximate surface area is 122 Å². The number of amides is 1. The standard InChI is InChI=1S/C15H29NO4/c1-6-7-8-9-10-11-20-14(17)13(12(2)3)16(4)15(18)19-5/h12-13H,6-11H2,1-5H3. The molecule has 0 fully saturated rings. The number of methoxy groups -OCH3 is 1. The second kappa shape index (κ2) is 10.5. The highest BCUT2D eigenvalue weighted by molar-refractivity contribution is 5.81. The molecule has 0 aliphatic heterocycles. The Kier molecular flexibility index (Phi) is 9.86. The number of nitrogens with zero attached hydrogens (tertiary/aromatic N) is 1. The molecule has 0 radical (unpaired) electrons. The number of hydrogen-bond donors (Lipinski definition) is 0. The topological polar surface area (TPSA) is 55.8 Å². The number of rotatable bonds is 9. The van der Waals surface area contributed by atoms with Gasteiger partial charge in [-0.15, -0.1) is 0 Å². The van der Waals surface area contributed by atoms with Crippen molar-refractivity contribution in [2.75, 3.05) is 20.8 Å². The molecule has 20 heavy (non-hydrogen) atoms. The van der Waals surface area contributed by atoms with Gasteiger partial charge in [0.25, 0.3) is 0 Å². The molecule has 0 N–H and O–H groups in total. The smallest absolute Gasteiger partial charge is 0.409 e. The zero-order chi connectivity index (χ0) is 15.5. The number of hydrogen-bond acceptors (Lipinski definition) is 4. The van der Waals surface area contributed by atoms with Crippen molar-refractivity contribution in [3.8, 4) is 0 Å². The highest BCUT2D eigenvalue weighted by Gasteiger charge is 2.31. The minimum Gasteiger partial charge on any atom is -0.464 e. The first-order chi connectivity index (χ1) is 9.45. The van der Waals surface area contributed by atoms with Gasteiger partial charge in [-0.25, -0.2) is 9.59 Å². The van der Waals surface area contributed by atoms with Crippen LogP contribution in [0.15, 0.2) is 0 Å². The Morgan fingerprint density at radius 3 is 2.20 bits per heavy atom. The van der Waals surface area contributed by atoms with Crippen LogP contribution in [-0.2, 0) is 14.3 Å². The first kappa shape index (κ1) is 18.7. The summed E-state index contributed by atoms with van der Waals surface area (Å²) in [5, 5.41) is 0. The third kappa shape index (κ3) is 6.78. The van der Waals surface area contributed by atoms with Gasteiger partial charge >= 0.3 is 12.1 Å². The van der Waals surface area contributed by atoms with E-state index in [1.807, 2.05) is 13.8 Å². The lowest BCUT2D eigenvalue weighted by Gasteiger charge is -2.28. The van der Waals surface area contributed by atoms with E-state index >= 15 is 0 Å². The van der Waals surface area contributed by atoms with E-state index in [-0.39, 0.29) is 11.9 Å². The van der Waals surface area contributed by atoms with Crippen LogP contribution in [0, 0.1) is 5.92 Å². The molecule has 0 heterocycles. The first-order valence-electron chi connectivity index (χ1n) is 7.43. The van der Waals surface area contributed by atoms with Crippen molar-refractivity contribution >= 4 is 12.1 Å². The van der Waals surface area contributed by atoms with Gasteiger partial charge in [-0.05, 0) is 12.3 Å². The normalized spacial score (nSPS) is 12.1. The molecule has 0 aliphatic rings. The van der Waals surface area contributed by atoms with Crippen LogP contribution in [0.3, 0.4) is 0 Å². The van der Waals surface area contributed by atoms with Crippen LogP contribution < -0.4 is 0 Å². The fourth-order valence-electron chi connectivity index (χ4n) is 2.10. The summed E-state index contributed by atoms with van der Waals surface area (Å²) in [7, 11) is 2.86. The maximum Gasteiger partial charge on any atom is 0.409 e. The summed E-state index contributed by atoms with van der Waals surface area (Å²) in [5.74, 6) is -0.380. The highest BCUT2D eigenvalue weighted by Crippen LogP contribution is 2.13. The molecule has 118 valence electrons. The van der Waals surface area contributed by atoms with E-state index in [0.29, 0.717) is 6.61 Å². The first-order valence-corrected chi connectivity index (χ1v) is 7.43. The molecule has 0 aromatic heterocycles. The van der Waals surface area contributed by atoms with Crippen molar-refractivity contribution in [1.82, 2.24) is 4.90 Å². The Hall–Kier alpha value is -1.26. The molecular formula is C15H29NO4. The molecule has 0 aromatic carbocycles. The Balaban J connectivity index is 4.20. The molecule has 0 saturated heterocycles. The van der Waals surface area contributed by atoms with Gasteiger partial charge in [0.2, 0.25) is 0 Å². The number of carbonyl (C=O) groups excluding carboxylic acids is 2. The van der Waals surface area contributed by atoms with Gasteiger partial charge < -0.3 is 9.47 Å². The average Bonchev–Trinajstić information content (AvgIpc) is 2.41. The molecule has 0 saturated carbocycles. The van der Waals surface area contributed by atoms with Crippen LogP contribution in [-0.4, -0.2) is 43.8 Å². The lowest BCUT2D eigenvalue weighted by molar-refractivity contribution is -0.150. The van der Waals surface area contributed by atoms with Crippen LogP contribution in [0.1, 0.15) is 52.9 Å². The number of ether oxygens (including phenoxy) is 2. The van der Waals surface area contributed by atoms with E-state index < -0.39 is 12.1 Å². The van der Waals surface area contributed by atoms with Gasteiger partial charge in [0.05, 0.1) is 13.7 Å². The molecule has 5 nitrogen and oxygen atoms in total. The fraction of sp³-hybridized carbons (Fsp3) is 0.867. The molecule has 0 bridgehead atoms. The Morgan fingerprint density at radius 2 is 1.70 bits per heavy atom. The number of unbranched alkanes of at least 4 members (excludes halogenated alkanes) is 4. The van der Waals surface area contributed by atoms with Crippen LogP contribution in [0.5, 0.6) is 0 Å². The van der Waals surface area contributed by atoms with E-state index in [1.165, 1.54) is 31.3 Å². The minimum atomic E-state index is -0.599. The molecule has 5 heteroatoms. The van der Waals surface area contributed by atoms with Crippen LogP contribution >= 0.6 is 0 Å². The van der Waals surface area contributed by atoms with Crippen molar-refractivity contribution in [3.63, 3.8) is 0 Å². The molecule has 1 amide bonds. The predicted octanol–water partition coefficient (Wildman–Crippen LogP) is 3.22. The number of carbonyl (C=O) groups is 2. The van der Waals surface area contributed by atoms with Gasteiger partial charge in [0.1, 0.15) is 6.04 Å². The summed E-state index contributed by atoms with van der Waals surface area (Å²) in [6.07, 6.45) is 5.00. The van der Waals surface area contributed by atoms with Crippen molar-refractivity contribution in [3.05, 3.63) is 0 Å². The van der Waals surface area contributed by atoms with Crippen molar-refractivity contribution in [2.45, 2.75) is 58.9 Å². The second-order valence-corrected chi connectivity index (χ2v) is 5.35.